The normalized spacial score (nSPS) is 15.3. The van der Waals surface area contributed by atoms with Crippen molar-refractivity contribution in [3.05, 3.63) is 23.8 Å². The Bertz CT molecular complexity index is 299. The average molecular weight is 183 g/mol. The molecule has 1 rings (SSSR count). The van der Waals surface area contributed by atoms with Gasteiger partial charge in [0.05, 0.1) is 12.1 Å². The standard InChI is InChI=1S/C9H13NO3/c1-5(11)9(10)6-2-3-7(12)8(13)4-6/h2-5,9,11-13H,10H2,1H3/t5-,9-/m1/s1. The fourth-order valence-corrected chi connectivity index (χ4v) is 1.03. The number of aliphatic hydroxyl groups is 1. The molecule has 0 unspecified atom stereocenters. The van der Waals surface area contributed by atoms with E-state index in [0.717, 1.165) is 0 Å². The minimum Gasteiger partial charge on any atom is -0.504 e. The van der Waals surface area contributed by atoms with Crippen molar-refractivity contribution in [2.45, 2.75) is 19.1 Å². The van der Waals surface area contributed by atoms with Crippen LogP contribution in [-0.2, 0) is 0 Å². The van der Waals surface area contributed by atoms with Gasteiger partial charge in [-0.25, -0.2) is 0 Å². The van der Waals surface area contributed by atoms with Gasteiger partial charge in [-0.15, -0.1) is 0 Å². The van der Waals surface area contributed by atoms with E-state index in [4.69, 9.17) is 21.1 Å². The molecule has 5 N–H and O–H groups in total. The second-order valence-corrected chi connectivity index (χ2v) is 3.01. The molecule has 13 heavy (non-hydrogen) atoms. The van der Waals surface area contributed by atoms with E-state index in [1.807, 2.05) is 0 Å². The Morgan fingerprint density at radius 2 is 1.85 bits per heavy atom. The lowest BCUT2D eigenvalue weighted by molar-refractivity contribution is 0.164. The van der Waals surface area contributed by atoms with E-state index in [-0.39, 0.29) is 11.5 Å². The number of nitrogens with two attached hydrogens (primary N) is 1. The molecule has 0 radical (unpaired) electrons. The number of benzene rings is 1. The molecule has 0 heterocycles. The van der Waals surface area contributed by atoms with Gasteiger partial charge in [0.1, 0.15) is 0 Å². The van der Waals surface area contributed by atoms with Crippen LogP contribution in [0, 0.1) is 0 Å². The number of hydrogen-bond donors (Lipinski definition) is 4. The fraction of sp³-hybridized carbons (Fsp3) is 0.333. The lowest BCUT2D eigenvalue weighted by Gasteiger charge is -2.15. The van der Waals surface area contributed by atoms with Crippen LogP contribution in [0.25, 0.3) is 0 Å². The van der Waals surface area contributed by atoms with Gasteiger partial charge in [0.2, 0.25) is 0 Å². The third-order valence-corrected chi connectivity index (χ3v) is 1.90. The van der Waals surface area contributed by atoms with E-state index in [0.29, 0.717) is 5.56 Å². The highest BCUT2D eigenvalue weighted by molar-refractivity contribution is 5.41. The predicted molar refractivity (Wildman–Crippen MR) is 48.4 cm³/mol. The summed E-state index contributed by atoms with van der Waals surface area (Å²) in [6.45, 7) is 1.56. The molecule has 0 aliphatic rings. The van der Waals surface area contributed by atoms with Crippen LogP contribution in [0.2, 0.25) is 0 Å². The van der Waals surface area contributed by atoms with Crippen LogP contribution < -0.4 is 5.73 Å². The first-order valence-corrected chi connectivity index (χ1v) is 3.98. The van der Waals surface area contributed by atoms with Crippen molar-refractivity contribution in [3.63, 3.8) is 0 Å². The van der Waals surface area contributed by atoms with E-state index in [1.165, 1.54) is 12.1 Å². The maximum atomic E-state index is 9.17. The zero-order valence-electron chi connectivity index (χ0n) is 7.31. The molecule has 0 bridgehead atoms. The maximum absolute atomic E-state index is 9.17. The lowest BCUT2D eigenvalue weighted by Crippen LogP contribution is -2.22. The molecule has 0 aliphatic heterocycles. The molecule has 4 heteroatoms. The quantitative estimate of drug-likeness (QED) is 0.502. The zero-order chi connectivity index (χ0) is 10.0. The summed E-state index contributed by atoms with van der Waals surface area (Å²) < 4.78 is 0. The van der Waals surface area contributed by atoms with Gasteiger partial charge in [0.25, 0.3) is 0 Å². The van der Waals surface area contributed by atoms with Crippen molar-refractivity contribution in [2.75, 3.05) is 0 Å². The summed E-state index contributed by atoms with van der Waals surface area (Å²) in [5.41, 5.74) is 6.20. The second kappa shape index (κ2) is 3.64. The first kappa shape index (κ1) is 9.83. The number of phenols is 2. The molecular formula is C9H13NO3. The largest absolute Gasteiger partial charge is 0.504 e. The monoisotopic (exact) mass is 183 g/mol. The number of aliphatic hydroxyl groups excluding tert-OH is 1. The van der Waals surface area contributed by atoms with Crippen molar-refractivity contribution >= 4 is 0 Å². The summed E-state index contributed by atoms with van der Waals surface area (Å²) >= 11 is 0. The molecule has 0 saturated heterocycles. The highest BCUT2D eigenvalue weighted by atomic mass is 16.3. The summed E-state index contributed by atoms with van der Waals surface area (Å²) in [4.78, 5) is 0. The number of phenolic OH excluding ortho intramolecular Hbond substituents is 2. The number of aromatic hydroxyl groups is 2. The minimum atomic E-state index is -0.691. The van der Waals surface area contributed by atoms with E-state index in [1.54, 1.807) is 13.0 Å². The van der Waals surface area contributed by atoms with Crippen LogP contribution in [0.4, 0.5) is 0 Å². The smallest absolute Gasteiger partial charge is 0.157 e. The van der Waals surface area contributed by atoms with Gasteiger partial charge < -0.3 is 21.1 Å². The van der Waals surface area contributed by atoms with Crippen LogP contribution in [0.1, 0.15) is 18.5 Å². The minimum absolute atomic E-state index is 0.193. The van der Waals surface area contributed by atoms with Gasteiger partial charge in [0, 0.05) is 0 Å². The second-order valence-electron chi connectivity index (χ2n) is 3.01. The molecule has 4 nitrogen and oxygen atoms in total. The lowest BCUT2D eigenvalue weighted by atomic mass is 10.0. The van der Waals surface area contributed by atoms with Crippen LogP contribution in [0.5, 0.6) is 11.5 Å². The average Bonchev–Trinajstić information content (AvgIpc) is 2.08. The molecule has 0 fully saturated rings. The van der Waals surface area contributed by atoms with E-state index < -0.39 is 12.1 Å². The Labute approximate surface area is 76.2 Å². The summed E-state index contributed by atoms with van der Waals surface area (Å²) in [7, 11) is 0. The summed E-state index contributed by atoms with van der Waals surface area (Å²) in [5.74, 6) is -0.421. The predicted octanol–water partition coefficient (Wildman–Crippen LogP) is 0.478. The van der Waals surface area contributed by atoms with Crippen LogP contribution in [0.15, 0.2) is 18.2 Å². The zero-order valence-corrected chi connectivity index (χ0v) is 7.31. The Morgan fingerprint density at radius 1 is 1.23 bits per heavy atom. The highest BCUT2D eigenvalue weighted by Gasteiger charge is 2.13. The summed E-state index contributed by atoms with van der Waals surface area (Å²) in [6, 6.07) is 3.69. The summed E-state index contributed by atoms with van der Waals surface area (Å²) in [6.07, 6.45) is -0.691. The van der Waals surface area contributed by atoms with E-state index >= 15 is 0 Å². The van der Waals surface area contributed by atoms with Crippen molar-refractivity contribution in [2.24, 2.45) is 5.73 Å². The molecule has 0 aliphatic carbocycles. The third kappa shape index (κ3) is 2.11. The number of hydrogen-bond acceptors (Lipinski definition) is 4. The Morgan fingerprint density at radius 3 is 2.31 bits per heavy atom. The number of rotatable bonds is 2. The van der Waals surface area contributed by atoms with Crippen molar-refractivity contribution in [1.82, 2.24) is 0 Å². The maximum Gasteiger partial charge on any atom is 0.157 e. The van der Waals surface area contributed by atoms with Gasteiger partial charge in [-0.05, 0) is 24.6 Å². The SMILES string of the molecule is C[C@@H](O)[C@@H](N)c1ccc(O)c(O)c1. The topological polar surface area (TPSA) is 86.7 Å². The van der Waals surface area contributed by atoms with Gasteiger partial charge in [-0.2, -0.15) is 0 Å². The van der Waals surface area contributed by atoms with E-state index in [9.17, 15) is 0 Å². The molecule has 0 aromatic heterocycles. The highest BCUT2D eigenvalue weighted by Crippen LogP contribution is 2.27. The molecule has 0 amide bonds. The first-order chi connectivity index (χ1) is 6.02. The molecule has 2 atom stereocenters. The first-order valence-electron chi connectivity index (χ1n) is 3.98. The van der Waals surface area contributed by atoms with Gasteiger partial charge in [-0.1, -0.05) is 6.07 Å². The van der Waals surface area contributed by atoms with Crippen LogP contribution >= 0.6 is 0 Å². The third-order valence-electron chi connectivity index (χ3n) is 1.90. The molecule has 0 saturated carbocycles. The van der Waals surface area contributed by atoms with Crippen LogP contribution in [0.3, 0.4) is 0 Å². The molecular weight excluding hydrogens is 170 g/mol. The van der Waals surface area contributed by atoms with Crippen molar-refractivity contribution in [3.8, 4) is 11.5 Å². The van der Waals surface area contributed by atoms with Crippen molar-refractivity contribution < 1.29 is 15.3 Å². The molecule has 1 aromatic carbocycles. The Kier molecular flexibility index (Phi) is 2.75. The van der Waals surface area contributed by atoms with Crippen molar-refractivity contribution in [1.29, 1.82) is 0 Å². The molecule has 1 aromatic rings. The van der Waals surface area contributed by atoms with Crippen LogP contribution in [-0.4, -0.2) is 21.4 Å². The van der Waals surface area contributed by atoms with Gasteiger partial charge >= 0.3 is 0 Å². The Hall–Kier alpha value is -1.26. The van der Waals surface area contributed by atoms with Gasteiger partial charge in [-0.3, -0.25) is 0 Å². The molecule has 72 valence electrons. The van der Waals surface area contributed by atoms with Gasteiger partial charge in [0.15, 0.2) is 11.5 Å². The summed E-state index contributed by atoms with van der Waals surface area (Å²) in [5, 5.41) is 27.3. The Balaban J connectivity index is 2.97. The van der Waals surface area contributed by atoms with E-state index in [2.05, 4.69) is 0 Å². The molecule has 0 spiro atoms. The fourth-order valence-electron chi connectivity index (χ4n) is 1.03.